The van der Waals surface area contributed by atoms with Crippen LogP contribution in [-0.4, -0.2) is 50.9 Å². The lowest BCUT2D eigenvalue weighted by atomic mass is 10.1. The number of tetrazole rings is 1. The molecule has 0 unspecified atom stereocenters. The molecule has 0 spiro atoms. The van der Waals surface area contributed by atoms with Crippen LogP contribution in [0.5, 0.6) is 0 Å². The number of aromatic nitrogens is 4. The molecule has 3 heterocycles. The molecule has 2 aromatic heterocycles. The zero-order chi connectivity index (χ0) is 14.7. The highest BCUT2D eigenvalue weighted by Gasteiger charge is 2.19. The number of aryl methyl sites for hydroxylation is 1. The molecule has 0 atom stereocenters. The monoisotopic (exact) mass is 307 g/mol. The third-order valence-corrected chi connectivity index (χ3v) is 4.54. The Morgan fingerprint density at radius 3 is 2.90 bits per heavy atom. The molecule has 0 aromatic carbocycles. The van der Waals surface area contributed by atoms with Crippen molar-refractivity contribution in [2.45, 2.75) is 26.2 Å². The molecule has 0 bridgehead atoms. The molecule has 1 fully saturated rings. The van der Waals surface area contributed by atoms with Crippen LogP contribution in [0.4, 0.5) is 0 Å². The van der Waals surface area contributed by atoms with Crippen molar-refractivity contribution in [2.24, 2.45) is 0 Å². The summed E-state index contributed by atoms with van der Waals surface area (Å²) in [6.45, 7) is 3.58. The Morgan fingerprint density at radius 2 is 2.19 bits per heavy atom. The molecule has 8 heteroatoms. The average Bonchev–Trinajstić information content (AvgIpc) is 3.13. The third-order valence-electron chi connectivity index (χ3n) is 3.53. The van der Waals surface area contributed by atoms with Crippen molar-refractivity contribution >= 4 is 17.2 Å². The number of likely N-dealkylation sites (tertiary alicyclic amines) is 1. The Hall–Kier alpha value is -1.96. The second-order valence-electron chi connectivity index (χ2n) is 5.02. The summed E-state index contributed by atoms with van der Waals surface area (Å²) in [6, 6.07) is 2.00. The van der Waals surface area contributed by atoms with Crippen LogP contribution in [0.2, 0.25) is 0 Å². The van der Waals surface area contributed by atoms with E-state index in [-0.39, 0.29) is 12.5 Å². The van der Waals surface area contributed by atoms with Crippen molar-refractivity contribution in [1.29, 1.82) is 0 Å². The van der Waals surface area contributed by atoms with Gasteiger partial charge in [-0.15, -0.1) is 16.4 Å². The quantitative estimate of drug-likeness (QED) is 0.847. The molecule has 1 aliphatic heterocycles. The topological polar surface area (TPSA) is 73.1 Å². The number of hydrogen-bond acceptors (Lipinski definition) is 6. The van der Waals surface area contributed by atoms with Gasteiger partial charge in [-0.25, -0.2) is 0 Å². The fourth-order valence-corrected chi connectivity index (χ4v) is 3.24. The summed E-state index contributed by atoms with van der Waals surface area (Å²) < 4.78 is 0. The van der Waals surface area contributed by atoms with Crippen LogP contribution in [0, 0.1) is 6.92 Å². The van der Waals surface area contributed by atoms with Crippen molar-refractivity contribution in [3.8, 4) is 10.7 Å². The van der Waals surface area contributed by atoms with Crippen LogP contribution >= 0.6 is 11.3 Å². The van der Waals surface area contributed by atoms with E-state index in [0.29, 0.717) is 5.82 Å². The molecule has 2 aromatic rings. The van der Waals surface area contributed by atoms with Gasteiger partial charge >= 0.3 is 0 Å². The van der Waals surface area contributed by atoms with E-state index in [9.17, 15) is 4.79 Å². The predicted molar refractivity (Wildman–Crippen MR) is 77.7 cm³/mol. The SMILES string of the molecule is Cc1ccsc1-c1nnnn1OCC(=O)N1CCCCC1. The van der Waals surface area contributed by atoms with Crippen LogP contribution in [0.25, 0.3) is 10.7 Å². The number of nitrogens with zero attached hydrogens (tertiary/aromatic N) is 5. The highest BCUT2D eigenvalue weighted by Crippen LogP contribution is 2.25. The standard InChI is InChI=1S/C13H17N5O2S/c1-10-5-8-21-12(10)13-14-15-16-18(13)20-9-11(19)17-6-3-2-4-7-17/h5,8H,2-4,6-7,9H2,1H3. The van der Waals surface area contributed by atoms with E-state index in [4.69, 9.17) is 4.84 Å². The van der Waals surface area contributed by atoms with Gasteiger partial charge in [0.2, 0.25) is 5.82 Å². The first-order chi connectivity index (χ1) is 10.3. The molecule has 1 saturated heterocycles. The lowest BCUT2D eigenvalue weighted by Gasteiger charge is -2.26. The van der Waals surface area contributed by atoms with Crippen LogP contribution in [0.1, 0.15) is 24.8 Å². The van der Waals surface area contributed by atoms with Crippen LogP contribution < -0.4 is 4.84 Å². The summed E-state index contributed by atoms with van der Waals surface area (Å²) in [5, 5.41) is 13.4. The summed E-state index contributed by atoms with van der Waals surface area (Å²) >= 11 is 1.55. The molecule has 0 radical (unpaired) electrons. The highest BCUT2D eigenvalue weighted by atomic mass is 32.1. The summed E-state index contributed by atoms with van der Waals surface area (Å²) in [6.07, 6.45) is 3.33. The molecule has 0 saturated carbocycles. The summed E-state index contributed by atoms with van der Waals surface area (Å²) in [5.74, 6) is 0.521. The summed E-state index contributed by atoms with van der Waals surface area (Å²) in [4.78, 5) is 21.6. The number of rotatable bonds is 4. The van der Waals surface area contributed by atoms with Crippen molar-refractivity contribution in [2.75, 3.05) is 19.7 Å². The van der Waals surface area contributed by atoms with E-state index < -0.39 is 0 Å². The normalized spacial score (nSPS) is 15.2. The second-order valence-corrected chi connectivity index (χ2v) is 5.94. The van der Waals surface area contributed by atoms with Gasteiger partial charge in [0, 0.05) is 13.1 Å². The zero-order valence-corrected chi connectivity index (χ0v) is 12.7. The number of thiophene rings is 1. The first-order valence-corrected chi connectivity index (χ1v) is 7.87. The van der Waals surface area contributed by atoms with Gasteiger partial charge in [0.1, 0.15) is 0 Å². The molecular formula is C13H17N5O2S. The maximum atomic E-state index is 12.1. The lowest BCUT2D eigenvalue weighted by molar-refractivity contribution is -0.137. The zero-order valence-electron chi connectivity index (χ0n) is 11.9. The number of amides is 1. The van der Waals surface area contributed by atoms with Gasteiger partial charge in [0.05, 0.1) is 4.88 Å². The van der Waals surface area contributed by atoms with E-state index >= 15 is 0 Å². The van der Waals surface area contributed by atoms with E-state index in [1.54, 1.807) is 11.3 Å². The first kappa shape index (κ1) is 14.0. The first-order valence-electron chi connectivity index (χ1n) is 6.99. The van der Waals surface area contributed by atoms with Crippen molar-refractivity contribution in [1.82, 2.24) is 25.3 Å². The molecule has 0 aliphatic carbocycles. The number of hydrogen-bond donors (Lipinski definition) is 0. The van der Waals surface area contributed by atoms with E-state index in [0.717, 1.165) is 36.4 Å². The molecular weight excluding hydrogens is 290 g/mol. The third kappa shape index (κ3) is 3.05. The van der Waals surface area contributed by atoms with Crippen LogP contribution in [0.3, 0.4) is 0 Å². The summed E-state index contributed by atoms with van der Waals surface area (Å²) in [5.41, 5.74) is 1.09. The van der Waals surface area contributed by atoms with Gasteiger partial charge in [0.25, 0.3) is 5.91 Å². The smallest absolute Gasteiger partial charge is 0.263 e. The maximum absolute atomic E-state index is 12.1. The lowest BCUT2D eigenvalue weighted by Crippen LogP contribution is -2.40. The van der Waals surface area contributed by atoms with Crippen LogP contribution in [0.15, 0.2) is 11.4 Å². The number of piperidine rings is 1. The van der Waals surface area contributed by atoms with Crippen LogP contribution in [-0.2, 0) is 4.79 Å². The summed E-state index contributed by atoms with van der Waals surface area (Å²) in [7, 11) is 0. The van der Waals surface area contributed by atoms with Crippen molar-refractivity contribution < 1.29 is 9.63 Å². The van der Waals surface area contributed by atoms with Crippen molar-refractivity contribution in [3.05, 3.63) is 17.0 Å². The molecule has 21 heavy (non-hydrogen) atoms. The molecule has 1 amide bonds. The van der Waals surface area contributed by atoms with E-state index in [2.05, 4.69) is 15.5 Å². The fourth-order valence-electron chi connectivity index (χ4n) is 2.35. The minimum atomic E-state index is -0.0392. The molecule has 1 aliphatic rings. The fraction of sp³-hybridized carbons (Fsp3) is 0.538. The maximum Gasteiger partial charge on any atom is 0.263 e. The van der Waals surface area contributed by atoms with Gasteiger partial charge in [0.15, 0.2) is 6.61 Å². The minimum Gasteiger partial charge on any atom is -0.384 e. The Morgan fingerprint density at radius 1 is 1.38 bits per heavy atom. The Labute approximate surface area is 126 Å². The van der Waals surface area contributed by atoms with Gasteiger partial charge < -0.3 is 9.74 Å². The van der Waals surface area contributed by atoms with E-state index in [1.165, 1.54) is 11.3 Å². The predicted octanol–water partition coefficient (Wildman–Crippen LogP) is 1.15. The van der Waals surface area contributed by atoms with Gasteiger partial charge in [-0.1, -0.05) is 4.85 Å². The van der Waals surface area contributed by atoms with E-state index in [1.807, 2.05) is 23.3 Å². The molecule has 3 rings (SSSR count). The largest absolute Gasteiger partial charge is 0.384 e. The number of carbonyl (C=O) groups excluding carboxylic acids is 1. The minimum absolute atomic E-state index is 0.0148. The molecule has 112 valence electrons. The van der Waals surface area contributed by atoms with Gasteiger partial charge in [-0.2, -0.15) is 0 Å². The molecule has 0 N–H and O–H groups in total. The Bertz CT molecular complexity index is 618. The average molecular weight is 307 g/mol. The molecule has 7 nitrogen and oxygen atoms in total. The van der Waals surface area contributed by atoms with Crippen molar-refractivity contribution in [3.63, 3.8) is 0 Å². The van der Waals surface area contributed by atoms with Gasteiger partial charge in [-0.3, -0.25) is 4.79 Å². The highest BCUT2D eigenvalue weighted by molar-refractivity contribution is 7.13. The second kappa shape index (κ2) is 6.21. The number of carbonyl (C=O) groups is 1. The Balaban J connectivity index is 1.65. The van der Waals surface area contributed by atoms with Gasteiger partial charge in [-0.05, 0) is 53.6 Å². The Kier molecular flexibility index (Phi) is 4.14.